The van der Waals surface area contributed by atoms with Crippen LogP contribution in [0.25, 0.3) is 0 Å². The van der Waals surface area contributed by atoms with Crippen LogP contribution >= 0.6 is 0 Å². The lowest BCUT2D eigenvalue weighted by molar-refractivity contribution is -0.121. The molecule has 1 unspecified atom stereocenters. The van der Waals surface area contributed by atoms with Gasteiger partial charge in [-0.2, -0.15) is 4.31 Å². The van der Waals surface area contributed by atoms with Crippen LogP contribution in [0.1, 0.15) is 37.9 Å². The maximum Gasteiger partial charge on any atom is 0.243 e. The van der Waals surface area contributed by atoms with Gasteiger partial charge < -0.3 is 14.8 Å². The largest absolute Gasteiger partial charge is 0.490 e. The third kappa shape index (κ3) is 5.96. The number of hydrogen-bond acceptors (Lipinski definition) is 5. The molecule has 0 heterocycles. The lowest BCUT2D eigenvalue weighted by atomic mass is 10.1. The maximum absolute atomic E-state index is 12.7. The van der Waals surface area contributed by atoms with E-state index in [1.807, 2.05) is 39.8 Å². The van der Waals surface area contributed by atoms with Crippen molar-refractivity contribution >= 4 is 15.9 Å². The van der Waals surface area contributed by atoms with E-state index in [0.29, 0.717) is 24.7 Å². The normalized spacial score (nSPS) is 12.5. The monoisotopic (exact) mass is 434 g/mol. The molecule has 0 bridgehead atoms. The van der Waals surface area contributed by atoms with Crippen LogP contribution in [0.4, 0.5) is 0 Å². The van der Waals surface area contributed by atoms with Crippen LogP contribution in [-0.4, -0.2) is 45.4 Å². The summed E-state index contributed by atoms with van der Waals surface area (Å²) < 4.78 is 37.6. The number of ether oxygens (including phenoxy) is 2. The van der Waals surface area contributed by atoms with Gasteiger partial charge in [-0.15, -0.1) is 0 Å². The lowest BCUT2D eigenvalue weighted by Crippen LogP contribution is -2.39. The van der Waals surface area contributed by atoms with Gasteiger partial charge in [-0.3, -0.25) is 4.79 Å². The van der Waals surface area contributed by atoms with Crippen molar-refractivity contribution in [1.29, 1.82) is 0 Å². The summed E-state index contributed by atoms with van der Waals surface area (Å²) in [4.78, 5) is 12.6. The highest BCUT2D eigenvalue weighted by molar-refractivity contribution is 7.89. The second-order valence-electron chi connectivity index (χ2n) is 6.94. The van der Waals surface area contributed by atoms with Crippen molar-refractivity contribution in [1.82, 2.24) is 9.62 Å². The maximum atomic E-state index is 12.7. The van der Waals surface area contributed by atoms with Crippen LogP contribution in [0.5, 0.6) is 11.5 Å². The molecule has 0 spiro atoms. The van der Waals surface area contributed by atoms with Gasteiger partial charge in [0.15, 0.2) is 11.5 Å². The molecule has 0 aliphatic heterocycles. The zero-order chi connectivity index (χ0) is 22.3. The second kappa shape index (κ2) is 10.4. The van der Waals surface area contributed by atoms with E-state index in [2.05, 4.69) is 5.32 Å². The number of aryl methyl sites for hydroxylation is 1. The van der Waals surface area contributed by atoms with E-state index in [1.165, 1.54) is 19.2 Å². The average Bonchev–Trinajstić information content (AvgIpc) is 2.69. The minimum atomic E-state index is -3.74. The van der Waals surface area contributed by atoms with Gasteiger partial charge >= 0.3 is 0 Å². The molecule has 0 fully saturated rings. The fourth-order valence-corrected chi connectivity index (χ4v) is 4.01. The van der Waals surface area contributed by atoms with Crippen molar-refractivity contribution in [3.05, 3.63) is 53.6 Å². The molecule has 1 atom stereocenters. The molecule has 7 nitrogen and oxygen atoms in total. The van der Waals surface area contributed by atoms with Crippen LogP contribution in [-0.2, 0) is 14.8 Å². The van der Waals surface area contributed by atoms with Crippen molar-refractivity contribution < 1.29 is 22.7 Å². The van der Waals surface area contributed by atoms with Crippen LogP contribution in [0.15, 0.2) is 47.4 Å². The minimum absolute atomic E-state index is 0.157. The fourth-order valence-electron chi connectivity index (χ4n) is 2.88. The van der Waals surface area contributed by atoms with Crippen LogP contribution < -0.4 is 14.8 Å². The van der Waals surface area contributed by atoms with Crippen molar-refractivity contribution in [2.75, 3.05) is 26.8 Å². The highest BCUT2D eigenvalue weighted by Gasteiger charge is 2.23. The molecule has 2 rings (SSSR count). The standard InChI is InChI=1S/C22H30N2O5S/c1-6-28-20-13-10-18(14-21(20)29-7-2)17(4)23-22(25)15-24(5)30(26,27)19-11-8-16(3)9-12-19/h8-14,17H,6-7,15H2,1-5H3,(H,23,25). The Morgan fingerprint density at radius 2 is 1.63 bits per heavy atom. The van der Waals surface area contributed by atoms with Gasteiger partial charge in [0.25, 0.3) is 0 Å². The number of nitrogens with zero attached hydrogens (tertiary/aromatic N) is 1. The summed E-state index contributed by atoms with van der Waals surface area (Å²) in [6.07, 6.45) is 0. The molecule has 2 aromatic rings. The molecule has 0 saturated carbocycles. The van der Waals surface area contributed by atoms with Crippen LogP contribution in [0, 0.1) is 6.92 Å². The van der Waals surface area contributed by atoms with E-state index < -0.39 is 15.9 Å². The van der Waals surface area contributed by atoms with Crippen molar-refractivity contribution in [2.24, 2.45) is 0 Å². The number of carbonyl (C=O) groups excluding carboxylic acids is 1. The zero-order valence-electron chi connectivity index (χ0n) is 18.1. The molecule has 2 aromatic carbocycles. The zero-order valence-corrected chi connectivity index (χ0v) is 19.0. The van der Waals surface area contributed by atoms with Crippen molar-refractivity contribution in [2.45, 2.75) is 38.6 Å². The number of sulfonamides is 1. The Labute approximate surface area is 179 Å². The first-order valence-electron chi connectivity index (χ1n) is 9.91. The predicted molar refractivity (Wildman–Crippen MR) is 116 cm³/mol. The summed E-state index contributed by atoms with van der Waals surface area (Å²) in [6, 6.07) is 11.7. The van der Waals surface area contributed by atoms with Crippen molar-refractivity contribution in [3.8, 4) is 11.5 Å². The molecule has 1 amide bonds. The Morgan fingerprint density at radius 3 is 2.23 bits per heavy atom. The third-order valence-electron chi connectivity index (χ3n) is 4.54. The Morgan fingerprint density at radius 1 is 1.03 bits per heavy atom. The first-order chi connectivity index (χ1) is 14.2. The molecular weight excluding hydrogens is 404 g/mol. The minimum Gasteiger partial charge on any atom is -0.490 e. The van der Waals surface area contributed by atoms with E-state index in [4.69, 9.17) is 9.47 Å². The molecule has 30 heavy (non-hydrogen) atoms. The van der Waals surface area contributed by atoms with Crippen LogP contribution in [0.2, 0.25) is 0 Å². The first kappa shape index (κ1) is 23.7. The highest BCUT2D eigenvalue weighted by Crippen LogP contribution is 2.30. The molecular formula is C22H30N2O5S. The van der Waals surface area contributed by atoms with E-state index in [9.17, 15) is 13.2 Å². The summed E-state index contributed by atoms with van der Waals surface area (Å²) in [7, 11) is -2.35. The molecule has 0 aliphatic carbocycles. The van der Waals surface area contributed by atoms with Gasteiger partial charge in [0, 0.05) is 7.05 Å². The fraction of sp³-hybridized carbons (Fsp3) is 0.409. The van der Waals surface area contributed by atoms with E-state index in [-0.39, 0.29) is 17.5 Å². The van der Waals surface area contributed by atoms with E-state index >= 15 is 0 Å². The lowest BCUT2D eigenvalue weighted by Gasteiger charge is -2.20. The topological polar surface area (TPSA) is 84.9 Å². The number of benzene rings is 2. The van der Waals surface area contributed by atoms with Gasteiger partial charge in [0.1, 0.15) is 0 Å². The Kier molecular flexibility index (Phi) is 8.25. The molecule has 1 N–H and O–H groups in total. The highest BCUT2D eigenvalue weighted by atomic mass is 32.2. The molecule has 8 heteroatoms. The number of rotatable bonds is 10. The predicted octanol–water partition coefficient (Wildman–Crippen LogP) is 3.29. The number of nitrogens with one attached hydrogen (secondary N) is 1. The number of carbonyl (C=O) groups is 1. The Hall–Kier alpha value is -2.58. The van der Waals surface area contributed by atoms with E-state index in [1.54, 1.807) is 18.2 Å². The summed E-state index contributed by atoms with van der Waals surface area (Å²) >= 11 is 0. The molecule has 0 aromatic heterocycles. The quantitative estimate of drug-likeness (QED) is 0.620. The molecule has 0 radical (unpaired) electrons. The van der Waals surface area contributed by atoms with Crippen LogP contribution in [0.3, 0.4) is 0 Å². The van der Waals surface area contributed by atoms with Gasteiger partial charge in [0.2, 0.25) is 15.9 Å². The smallest absolute Gasteiger partial charge is 0.243 e. The number of hydrogen-bond donors (Lipinski definition) is 1. The average molecular weight is 435 g/mol. The van der Waals surface area contributed by atoms with Crippen molar-refractivity contribution in [3.63, 3.8) is 0 Å². The Balaban J connectivity index is 2.06. The van der Waals surface area contributed by atoms with Gasteiger partial charge in [-0.1, -0.05) is 23.8 Å². The SMILES string of the molecule is CCOc1ccc(C(C)NC(=O)CN(C)S(=O)(=O)c2ccc(C)cc2)cc1OCC. The summed E-state index contributed by atoms with van der Waals surface area (Å²) in [6.45, 7) is 8.23. The second-order valence-corrected chi connectivity index (χ2v) is 8.98. The molecule has 0 saturated heterocycles. The van der Waals surface area contributed by atoms with Gasteiger partial charge in [-0.25, -0.2) is 8.42 Å². The summed E-state index contributed by atoms with van der Waals surface area (Å²) in [5, 5.41) is 2.84. The molecule has 0 aliphatic rings. The number of amides is 1. The third-order valence-corrected chi connectivity index (χ3v) is 6.36. The molecule has 164 valence electrons. The van der Waals surface area contributed by atoms with Gasteiger partial charge in [-0.05, 0) is 57.5 Å². The number of likely N-dealkylation sites (N-methyl/N-ethyl adjacent to an activating group) is 1. The van der Waals surface area contributed by atoms with E-state index in [0.717, 1.165) is 15.4 Å². The first-order valence-corrected chi connectivity index (χ1v) is 11.3. The van der Waals surface area contributed by atoms with Gasteiger partial charge in [0.05, 0.1) is 30.7 Å². The summed E-state index contributed by atoms with van der Waals surface area (Å²) in [5.74, 6) is 0.857. The Bertz CT molecular complexity index is 958. The summed E-state index contributed by atoms with van der Waals surface area (Å²) in [5.41, 5.74) is 1.80.